The molecule has 0 amide bonds. The van der Waals surface area contributed by atoms with Gasteiger partial charge < -0.3 is 4.57 Å². The predicted octanol–water partition coefficient (Wildman–Crippen LogP) is 1.39. The molecule has 2 rings (SSSR count). The minimum Gasteiger partial charge on any atom is -0.308 e. The number of hydrogen-bond acceptors (Lipinski definition) is 4. The van der Waals surface area contributed by atoms with Crippen molar-refractivity contribution in [3.63, 3.8) is 0 Å². The van der Waals surface area contributed by atoms with Gasteiger partial charge in [-0.3, -0.25) is 19.9 Å². The van der Waals surface area contributed by atoms with Crippen molar-refractivity contribution in [3.8, 4) is 0 Å². The molecule has 6 nitrogen and oxygen atoms in total. The van der Waals surface area contributed by atoms with Gasteiger partial charge in [-0.1, -0.05) is 6.07 Å². The molecular weight excluding hydrogens is 234 g/mol. The van der Waals surface area contributed by atoms with E-state index < -0.39 is 4.92 Å². The number of nitro groups is 1. The quantitative estimate of drug-likeness (QED) is 0.602. The maximum Gasteiger partial charge on any atom is 0.285 e. The second-order valence-electron chi connectivity index (χ2n) is 3.75. The van der Waals surface area contributed by atoms with E-state index in [1.54, 1.807) is 6.20 Å². The van der Waals surface area contributed by atoms with E-state index in [0.29, 0.717) is 13.0 Å². The summed E-state index contributed by atoms with van der Waals surface area (Å²) in [5.41, 5.74) is 0.503. The maximum absolute atomic E-state index is 11.5. The fraction of sp³-hybridized carbons (Fsp3) is 0.167. The average molecular weight is 245 g/mol. The molecule has 2 heterocycles. The first-order valence-electron chi connectivity index (χ1n) is 5.41. The van der Waals surface area contributed by atoms with Gasteiger partial charge in [-0.25, -0.2) is 0 Å². The summed E-state index contributed by atoms with van der Waals surface area (Å²) < 4.78 is 1.33. The second kappa shape index (κ2) is 5.22. The molecule has 0 radical (unpaired) electrons. The van der Waals surface area contributed by atoms with Crippen molar-refractivity contribution in [2.75, 3.05) is 0 Å². The Morgan fingerprint density at radius 3 is 2.78 bits per heavy atom. The Hall–Kier alpha value is -2.50. The predicted molar refractivity (Wildman–Crippen MR) is 65.3 cm³/mol. The number of aryl methyl sites for hydroxylation is 2. The molecule has 0 aliphatic rings. The lowest BCUT2D eigenvalue weighted by Crippen LogP contribution is -2.20. The zero-order valence-corrected chi connectivity index (χ0v) is 9.52. The third kappa shape index (κ3) is 2.79. The normalized spacial score (nSPS) is 10.2. The topological polar surface area (TPSA) is 78.0 Å². The van der Waals surface area contributed by atoms with Crippen LogP contribution in [0.1, 0.15) is 5.69 Å². The minimum absolute atomic E-state index is 0.0874. The fourth-order valence-corrected chi connectivity index (χ4v) is 1.58. The first kappa shape index (κ1) is 12.0. The van der Waals surface area contributed by atoms with Gasteiger partial charge in [-0.15, -0.1) is 0 Å². The summed E-state index contributed by atoms with van der Waals surface area (Å²) in [7, 11) is 0. The van der Waals surface area contributed by atoms with Crippen molar-refractivity contribution in [1.29, 1.82) is 0 Å². The lowest BCUT2D eigenvalue weighted by molar-refractivity contribution is -0.385. The molecule has 0 unspecified atom stereocenters. The van der Waals surface area contributed by atoms with Crippen LogP contribution in [0.4, 0.5) is 5.69 Å². The Kier molecular flexibility index (Phi) is 3.47. The van der Waals surface area contributed by atoms with Crippen LogP contribution in [0.3, 0.4) is 0 Å². The van der Waals surface area contributed by atoms with E-state index in [-0.39, 0.29) is 11.2 Å². The molecule has 92 valence electrons. The van der Waals surface area contributed by atoms with Crippen molar-refractivity contribution in [3.05, 3.63) is 68.9 Å². The van der Waals surface area contributed by atoms with Crippen molar-refractivity contribution in [1.82, 2.24) is 9.55 Å². The number of nitrogens with zero attached hydrogens (tertiary/aromatic N) is 3. The van der Waals surface area contributed by atoms with Crippen LogP contribution in [0, 0.1) is 10.1 Å². The Morgan fingerprint density at radius 1 is 1.28 bits per heavy atom. The SMILES string of the molecule is O=c1ccc([N+](=O)[O-])cn1CCc1ccccn1. The molecule has 0 aromatic carbocycles. The molecule has 2 aromatic heterocycles. The Labute approximate surface area is 103 Å². The summed E-state index contributed by atoms with van der Waals surface area (Å²) in [4.78, 5) is 25.8. The van der Waals surface area contributed by atoms with E-state index >= 15 is 0 Å². The second-order valence-corrected chi connectivity index (χ2v) is 3.75. The van der Waals surface area contributed by atoms with Gasteiger partial charge in [0.25, 0.3) is 11.2 Å². The molecule has 0 bridgehead atoms. The van der Waals surface area contributed by atoms with Gasteiger partial charge in [0.05, 0.1) is 11.1 Å². The number of rotatable bonds is 4. The van der Waals surface area contributed by atoms with Crippen LogP contribution < -0.4 is 5.56 Å². The molecule has 0 N–H and O–H groups in total. The summed E-state index contributed by atoms with van der Waals surface area (Å²) in [5, 5.41) is 10.6. The van der Waals surface area contributed by atoms with E-state index in [1.807, 2.05) is 18.2 Å². The molecule has 6 heteroatoms. The van der Waals surface area contributed by atoms with E-state index in [2.05, 4.69) is 4.98 Å². The van der Waals surface area contributed by atoms with Crippen LogP contribution >= 0.6 is 0 Å². The molecule has 0 saturated heterocycles. The summed E-state index contributed by atoms with van der Waals surface area (Å²) >= 11 is 0. The Balaban J connectivity index is 2.16. The lowest BCUT2D eigenvalue weighted by atomic mass is 10.2. The van der Waals surface area contributed by atoms with Gasteiger partial charge in [0.2, 0.25) is 0 Å². The van der Waals surface area contributed by atoms with Crippen molar-refractivity contribution >= 4 is 5.69 Å². The first-order chi connectivity index (χ1) is 8.66. The van der Waals surface area contributed by atoms with Gasteiger partial charge in [0.15, 0.2) is 0 Å². The van der Waals surface area contributed by atoms with Crippen LogP contribution in [0.25, 0.3) is 0 Å². The first-order valence-corrected chi connectivity index (χ1v) is 5.41. The lowest BCUT2D eigenvalue weighted by Gasteiger charge is -2.04. The van der Waals surface area contributed by atoms with Gasteiger partial charge in [-0.2, -0.15) is 0 Å². The highest BCUT2D eigenvalue weighted by atomic mass is 16.6. The highest BCUT2D eigenvalue weighted by Crippen LogP contribution is 2.07. The van der Waals surface area contributed by atoms with E-state index in [4.69, 9.17) is 0 Å². The monoisotopic (exact) mass is 245 g/mol. The van der Waals surface area contributed by atoms with Crippen LogP contribution in [-0.4, -0.2) is 14.5 Å². The number of pyridine rings is 2. The molecule has 18 heavy (non-hydrogen) atoms. The summed E-state index contributed by atoms with van der Waals surface area (Å²) in [6, 6.07) is 7.93. The van der Waals surface area contributed by atoms with Gasteiger partial charge in [0, 0.05) is 37.0 Å². The third-order valence-corrected chi connectivity index (χ3v) is 2.51. The Morgan fingerprint density at radius 2 is 2.11 bits per heavy atom. The van der Waals surface area contributed by atoms with Crippen LogP contribution in [0.2, 0.25) is 0 Å². The van der Waals surface area contributed by atoms with Gasteiger partial charge in [-0.05, 0) is 12.1 Å². The summed E-state index contributed by atoms with van der Waals surface area (Å²) in [6.07, 6.45) is 3.48. The third-order valence-electron chi connectivity index (χ3n) is 2.51. The standard InChI is InChI=1S/C12H11N3O3/c16-12-5-4-11(15(17)18)9-14(12)8-6-10-3-1-2-7-13-10/h1-5,7,9H,6,8H2. The molecular formula is C12H11N3O3. The molecule has 0 atom stereocenters. The van der Waals surface area contributed by atoms with E-state index in [0.717, 1.165) is 5.69 Å². The zero-order chi connectivity index (χ0) is 13.0. The van der Waals surface area contributed by atoms with E-state index in [1.165, 1.54) is 22.9 Å². The molecule has 2 aromatic rings. The molecule has 0 fully saturated rings. The largest absolute Gasteiger partial charge is 0.308 e. The number of hydrogen-bond donors (Lipinski definition) is 0. The molecule has 0 saturated carbocycles. The highest BCUT2D eigenvalue weighted by molar-refractivity contribution is 5.24. The number of aromatic nitrogens is 2. The van der Waals surface area contributed by atoms with Crippen LogP contribution in [0.5, 0.6) is 0 Å². The summed E-state index contributed by atoms with van der Waals surface area (Å²) in [5.74, 6) is 0. The highest BCUT2D eigenvalue weighted by Gasteiger charge is 2.07. The Bertz CT molecular complexity index is 607. The maximum atomic E-state index is 11.5. The molecule has 0 aliphatic carbocycles. The van der Waals surface area contributed by atoms with Gasteiger partial charge >= 0.3 is 0 Å². The average Bonchev–Trinajstić information content (AvgIpc) is 2.38. The van der Waals surface area contributed by atoms with Gasteiger partial charge in [0.1, 0.15) is 0 Å². The fourth-order valence-electron chi connectivity index (χ4n) is 1.58. The summed E-state index contributed by atoms with van der Waals surface area (Å²) in [6.45, 7) is 0.373. The van der Waals surface area contributed by atoms with Crippen molar-refractivity contribution in [2.45, 2.75) is 13.0 Å². The van der Waals surface area contributed by atoms with Crippen LogP contribution in [0.15, 0.2) is 47.5 Å². The zero-order valence-electron chi connectivity index (χ0n) is 9.52. The minimum atomic E-state index is -0.517. The smallest absolute Gasteiger partial charge is 0.285 e. The van der Waals surface area contributed by atoms with Crippen molar-refractivity contribution in [2.24, 2.45) is 0 Å². The molecule has 0 spiro atoms. The molecule has 0 aliphatic heterocycles. The van der Waals surface area contributed by atoms with Crippen LogP contribution in [-0.2, 0) is 13.0 Å². The van der Waals surface area contributed by atoms with E-state index in [9.17, 15) is 14.9 Å². The van der Waals surface area contributed by atoms with Crippen molar-refractivity contribution < 1.29 is 4.92 Å².